The smallest absolute Gasteiger partial charge is 0.315 e. The van der Waals surface area contributed by atoms with Gasteiger partial charge in [0.25, 0.3) is 0 Å². The molecule has 2 aromatic carbocycles. The van der Waals surface area contributed by atoms with Crippen LogP contribution in [-0.4, -0.2) is 39.0 Å². The van der Waals surface area contributed by atoms with Crippen LogP contribution in [0.15, 0.2) is 48.5 Å². The van der Waals surface area contributed by atoms with Crippen molar-refractivity contribution < 1.29 is 19.0 Å². The van der Waals surface area contributed by atoms with Gasteiger partial charge in [0.15, 0.2) is 11.5 Å². The van der Waals surface area contributed by atoms with Crippen LogP contribution in [0.25, 0.3) is 0 Å². The number of carbonyl (C=O) groups is 1. The van der Waals surface area contributed by atoms with Gasteiger partial charge >= 0.3 is 6.03 Å². The molecule has 4 rings (SSSR count). The van der Waals surface area contributed by atoms with E-state index in [9.17, 15) is 4.79 Å². The summed E-state index contributed by atoms with van der Waals surface area (Å²) in [4.78, 5) is 12.6. The standard InChI is InChI=1S/C23H28N2O4/c1-17(18-7-8-20-21(15-18)29-14-13-28-20)25-22(26)24-16-23(9-11-27-12-10-23)19-5-3-2-4-6-19/h2-8,15,17H,9-14,16H2,1H3,(H2,24,25,26). The van der Waals surface area contributed by atoms with Gasteiger partial charge in [-0.3, -0.25) is 0 Å². The third-order valence-electron chi connectivity index (χ3n) is 5.84. The minimum Gasteiger partial charge on any atom is -0.486 e. The summed E-state index contributed by atoms with van der Waals surface area (Å²) in [6, 6.07) is 15.9. The number of rotatable bonds is 5. The van der Waals surface area contributed by atoms with Crippen LogP contribution in [0, 0.1) is 0 Å². The maximum Gasteiger partial charge on any atom is 0.315 e. The summed E-state index contributed by atoms with van der Waals surface area (Å²) in [6.07, 6.45) is 1.80. The van der Waals surface area contributed by atoms with Gasteiger partial charge in [-0.25, -0.2) is 4.79 Å². The first-order valence-electron chi connectivity index (χ1n) is 10.2. The Hall–Kier alpha value is -2.73. The van der Waals surface area contributed by atoms with E-state index in [1.54, 1.807) is 0 Å². The molecule has 0 radical (unpaired) electrons. The Balaban J connectivity index is 1.38. The van der Waals surface area contributed by atoms with Crippen molar-refractivity contribution in [1.82, 2.24) is 10.6 Å². The molecule has 2 N–H and O–H groups in total. The van der Waals surface area contributed by atoms with Crippen molar-refractivity contribution in [3.8, 4) is 11.5 Å². The number of hydrogen-bond acceptors (Lipinski definition) is 4. The SMILES string of the molecule is CC(NC(=O)NCC1(c2ccccc2)CCOCC1)c1ccc2c(c1)OCCO2. The van der Waals surface area contributed by atoms with Crippen LogP contribution in [0.4, 0.5) is 4.79 Å². The summed E-state index contributed by atoms with van der Waals surface area (Å²) in [5.41, 5.74) is 2.15. The first-order valence-corrected chi connectivity index (χ1v) is 10.2. The molecule has 6 nitrogen and oxygen atoms in total. The van der Waals surface area contributed by atoms with E-state index in [0.29, 0.717) is 33.0 Å². The van der Waals surface area contributed by atoms with E-state index in [0.717, 1.165) is 29.9 Å². The average Bonchev–Trinajstić information content (AvgIpc) is 2.78. The predicted molar refractivity (Wildman–Crippen MR) is 111 cm³/mol. The lowest BCUT2D eigenvalue weighted by Gasteiger charge is -2.38. The Kier molecular flexibility index (Phi) is 5.90. The van der Waals surface area contributed by atoms with Gasteiger partial charge < -0.3 is 24.8 Å². The minimum atomic E-state index is -0.172. The molecule has 6 heteroatoms. The van der Waals surface area contributed by atoms with Gasteiger partial charge in [0.1, 0.15) is 13.2 Å². The number of ether oxygens (including phenoxy) is 3. The second-order valence-electron chi connectivity index (χ2n) is 7.71. The number of amides is 2. The molecule has 2 amide bonds. The van der Waals surface area contributed by atoms with Crippen molar-refractivity contribution in [2.24, 2.45) is 0 Å². The molecule has 0 bridgehead atoms. The van der Waals surface area contributed by atoms with Crippen molar-refractivity contribution in [3.63, 3.8) is 0 Å². The Labute approximate surface area is 171 Å². The summed E-state index contributed by atoms with van der Waals surface area (Å²) in [5, 5.41) is 6.13. The maximum absolute atomic E-state index is 12.6. The minimum absolute atomic E-state index is 0.0862. The van der Waals surface area contributed by atoms with E-state index in [4.69, 9.17) is 14.2 Å². The summed E-state index contributed by atoms with van der Waals surface area (Å²) in [6.45, 7) is 5.09. The van der Waals surface area contributed by atoms with E-state index in [1.807, 2.05) is 31.2 Å². The van der Waals surface area contributed by atoms with Gasteiger partial charge in [0, 0.05) is 25.2 Å². The third kappa shape index (κ3) is 4.48. The molecule has 1 fully saturated rings. The lowest BCUT2D eigenvalue weighted by Crippen LogP contribution is -2.47. The van der Waals surface area contributed by atoms with Gasteiger partial charge in [0.2, 0.25) is 0 Å². The van der Waals surface area contributed by atoms with Gasteiger partial charge in [-0.2, -0.15) is 0 Å². The Bertz CT molecular complexity index is 834. The molecule has 0 aliphatic carbocycles. The fraction of sp³-hybridized carbons (Fsp3) is 0.435. The van der Waals surface area contributed by atoms with E-state index in [1.165, 1.54) is 5.56 Å². The van der Waals surface area contributed by atoms with Crippen LogP contribution in [0.3, 0.4) is 0 Å². The number of urea groups is 1. The van der Waals surface area contributed by atoms with E-state index in [2.05, 4.69) is 34.9 Å². The molecule has 2 aromatic rings. The quantitative estimate of drug-likeness (QED) is 0.811. The third-order valence-corrected chi connectivity index (χ3v) is 5.84. The van der Waals surface area contributed by atoms with Gasteiger partial charge in [0.05, 0.1) is 6.04 Å². The molecular weight excluding hydrogens is 368 g/mol. The monoisotopic (exact) mass is 396 g/mol. The van der Waals surface area contributed by atoms with Crippen LogP contribution >= 0.6 is 0 Å². The molecule has 154 valence electrons. The maximum atomic E-state index is 12.6. The molecular formula is C23H28N2O4. The fourth-order valence-electron chi connectivity index (χ4n) is 4.03. The molecule has 1 atom stereocenters. The molecule has 29 heavy (non-hydrogen) atoms. The average molecular weight is 396 g/mol. The van der Waals surface area contributed by atoms with Gasteiger partial charge in [-0.05, 0) is 43.0 Å². The number of nitrogens with one attached hydrogen (secondary N) is 2. The number of hydrogen-bond donors (Lipinski definition) is 2. The molecule has 1 unspecified atom stereocenters. The number of fused-ring (bicyclic) bond motifs is 1. The van der Waals surface area contributed by atoms with Crippen molar-refractivity contribution in [2.75, 3.05) is 33.0 Å². The van der Waals surface area contributed by atoms with Crippen LogP contribution in [0.5, 0.6) is 11.5 Å². The molecule has 2 aliphatic rings. The van der Waals surface area contributed by atoms with Crippen LogP contribution in [0.2, 0.25) is 0 Å². The van der Waals surface area contributed by atoms with Gasteiger partial charge in [-0.1, -0.05) is 36.4 Å². The number of carbonyl (C=O) groups excluding carboxylic acids is 1. The summed E-state index contributed by atoms with van der Waals surface area (Å²) < 4.78 is 16.8. The lowest BCUT2D eigenvalue weighted by molar-refractivity contribution is 0.0506. The Morgan fingerprint density at radius 2 is 1.72 bits per heavy atom. The summed E-state index contributed by atoms with van der Waals surface area (Å²) in [7, 11) is 0. The largest absolute Gasteiger partial charge is 0.486 e. The highest BCUT2D eigenvalue weighted by Gasteiger charge is 2.34. The molecule has 2 aliphatic heterocycles. The zero-order chi connectivity index (χ0) is 20.1. The molecule has 2 heterocycles. The van der Waals surface area contributed by atoms with Gasteiger partial charge in [-0.15, -0.1) is 0 Å². The van der Waals surface area contributed by atoms with Crippen molar-refractivity contribution in [1.29, 1.82) is 0 Å². The summed E-state index contributed by atoms with van der Waals surface area (Å²) in [5.74, 6) is 1.48. The van der Waals surface area contributed by atoms with Crippen molar-refractivity contribution >= 4 is 6.03 Å². The van der Waals surface area contributed by atoms with Crippen LogP contribution in [-0.2, 0) is 10.2 Å². The number of benzene rings is 2. The van der Waals surface area contributed by atoms with E-state index in [-0.39, 0.29) is 17.5 Å². The fourth-order valence-corrected chi connectivity index (χ4v) is 4.03. The Morgan fingerprint density at radius 1 is 1.00 bits per heavy atom. The summed E-state index contributed by atoms with van der Waals surface area (Å²) >= 11 is 0. The highest BCUT2D eigenvalue weighted by molar-refractivity contribution is 5.74. The first-order chi connectivity index (χ1) is 14.2. The van der Waals surface area contributed by atoms with Crippen molar-refractivity contribution in [3.05, 3.63) is 59.7 Å². The topological polar surface area (TPSA) is 68.8 Å². The highest BCUT2D eigenvalue weighted by Crippen LogP contribution is 2.34. The highest BCUT2D eigenvalue weighted by atomic mass is 16.6. The zero-order valence-electron chi connectivity index (χ0n) is 16.8. The molecule has 0 spiro atoms. The van der Waals surface area contributed by atoms with Crippen LogP contribution in [0.1, 0.15) is 36.9 Å². The zero-order valence-corrected chi connectivity index (χ0v) is 16.8. The molecule has 0 aromatic heterocycles. The van der Waals surface area contributed by atoms with Crippen molar-refractivity contribution in [2.45, 2.75) is 31.2 Å². The molecule has 0 saturated carbocycles. The van der Waals surface area contributed by atoms with E-state index < -0.39 is 0 Å². The second kappa shape index (κ2) is 8.74. The predicted octanol–water partition coefficient (Wildman–Crippen LogP) is 3.57. The van der Waals surface area contributed by atoms with Crippen LogP contribution < -0.4 is 20.1 Å². The molecule has 1 saturated heterocycles. The Morgan fingerprint density at radius 3 is 2.48 bits per heavy atom. The lowest BCUT2D eigenvalue weighted by atomic mass is 9.74. The van der Waals surface area contributed by atoms with E-state index >= 15 is 0 Å². The normalized spacial score (nSPS) is 18.5. The first kappa shape index (κ1) is 19.6. The second-order valence-corrected chi connectivity index (χ2v) is 7.71.